The number of hydrogen-bond donors (Lipinski definition) is 0. The fraction of sp³-hybridized carbons (Fsp3) is 0.111. The molecule has 3 aromatic rings. The van der Waals surface area contributed by atoms with Gasteiger partial charge < -0.3 is 0 Å². The van der Waals surface area contributed by atoms with Crippen molar-refractivity contribution in [1.29, 1.82) is 0 Å². The summed E-state index contributed by atoms with van der Waals surface area (Å²) in [5.74, 6) is 2.40. The van der Waals surface area contributed by atoms with Crippen LogP contribution in [0.15, 0.2) is 61.2 Å². The number of rotatable bonds is 4. The Morgan fingerprint density at radius 3 is 2.22 bits per heavy atom. The Hall–Kier alpha value is -2.64. The molecule has 1 atom stereocenters. The number of aromatic nitrogens is 3. The average molecular weight is 326 g/mol. The van der Waals surface area contributed by atoms with Gasteiger partial charge in [-0.05, 0) is 35.4 Å². The maximum atomic E-state index is 13.4. The van der Waals surface area contributed by atoms with Crippen molar-refractivity contribution < 1.29 is 4.39 Å². The third-order valence-corrected chi connectivity index (χ3v) is 4.06. The topological polar surface area (TPSA) is 30.7 Å². The molecule has 0 spiro atoms. The minimum atomic E-state index is -0.774. The maximum Gasteiger partial charge on any atom is 0.137 e. The monoisotopic (exact) mass is 325 g/mol. The van der Waals surface area contributed by atoms with E-state index in [4.69, 9.17) is 18.0 Å². The second kappa shape index (κ2) is 6.23. The van der Waals surface area contributed by atoms with E-state index >= 15 is 0 Å². The molecule has 23 heavy (non-hydrogen) atoms. The normalized spacial score (nSPS) is 13.3. The largest absolute Gasteiger partial charge is 0.237 e. The first-order valence-electron chi connectivity index (χ1n) is 6.97. The molecule has 5 heteroatoms. The highest BCUT2D eigenvalue weighted by molar-refractivity contribution is 6.30. The minimum absolute atomic E-state index is 0.307. The van der Waals surface area contributed by atoms with E-state index < -0.39 is 5.54 Å². The van der Waals surface area contributed by atoms with Crippen LogP contribution < -0.4 is 0 Å². The molecule has 0 fully saturated rings. The minimum Gasteiger partial charge on any atom is -0.237 e. The fourth-order valence-electron chi connectivity index (χ4n) is 2.72. The van der Waals surface area contributed by atoms with Crippen molar-refractivity contribution in [1.82, 2.24) is 14.8 Å². The van der Waals surface area contributed by atoms with E-state index in [9.17, 15) is 4.39 Å². The van der Waals surface area contributed by atoms with E-state index in [2.05, 4.69) is 16.0 Å². The van der Waals surface area contributed by atoms with Crippen molar-refractivity contribution in [2.45, 2.75) is 12.0 Å². The van der Waals surface area contributed by atoms with Crippen molar-refractivity contribution in [3.63, 3.8) is 0 Å². The second-order valence-electron chi connectivity index (χ2n) is 5.10. The Morgan fingerprint density at radius 2 is 1.70 bits per heavy atom. The Morgan fingerprint density at radius 1 is 1.09 bits per heavy atom. The van der Waals surface area contributed by atoms with Gasteiger partial charge in [0.15, 0.2) is 0 Å². The number of nitrogens with zero attached hydrogens (tertiary/aromatic N) is 3. The summed E-state index contributed by atoms with van der Waals surface area (Å²) in [4.78, 5) is 4.04. The molecule has 1 heterocycles. The van der Waals surface area contributed by atoms with Crippen LogP contribution in [0, 0.1) is 18.2 Å². The number of benzene rings is 2. The molecule has 0 amide bonds. The van der Waals surface area contributed by atoms with Crippen LogP contribution in [0.3, 0.4) is 0 Å². The van der Waals surface area contributed by atoms with Gasteiger partial charge in [0.1, 0.15) is 24.0 Å². The van der Waals surface area contributed by atoms with Crippen LogP contribution in [0.1, 0.15) is 17.5 Å². The quantitative estimate of drug-likeness (QED) is 0.681. The molecule has 0 aliphatic heterocycles. The van der Waals surface area contributed by atoms with Gasteiger partial charge in [-0.25, -0.2) is 14.1 Å². The Labute approximate surface area is 138 Å². The summed E-state index contributed by atoms with van der Waals surface area (Å²) in [6.07, 6.45) is 9.04. The lowest BCUT2D eigenvalue weighted by Gasteiger charge is -2.33. The molecule has 0 aliphatic rings. The molecule has 0 saturated heterocycles. The molecule has 1 aromatic heterocycles. The van der Waals surface area contributed by atoms with Crippen LogP contribution in [0.25, 0.3) is 0 Å². The lowest BCUT2D eigenvalue weighted by Crippen LogP contribution is -2.36. The molecule has 3 nitrogen and oxygen atoms in total. The highest BCUT2D eigenvalue weighted by Gasteiger charge is 2.36. The summed E-state index contributed by atoms with van der Waals surface area (Å²) in [5.41, 5.74) is 0.949. The van der Waals surface area contributed by atoms with Crippen LogP contribution in [0.4, 0.5) is 4.39 Å². The van der Waals surface area contributed by atoms with Gasteiger partial charge in [-0.3, -0.25) is 0 Å². The van der Waals surface area contributed by atoms with E-state index in [-0.39, 0.29) is 5.82 Å². The smallest absolute Gasteiger partial charge is 0.137 e. The van der Waals surface area contributed by atoms with Gasteiger partial charge in [0.25, 0.3) is 0 Å². The summed E-state index contributed by atoms with van der Waals surface area (Å²) in [5, 5.41) is 4.91. The Balaban J connectivity index is 2.29. The molecule has 3 rings (SSSR count). The first-order chi connectivity index (χ1) is 11.2. The summed E-state index contributed by atoms with van der Waals surface area (Å²) < 4.78 is 15.1. The molecule has 0 radical (unpaired) electrons. The Bertz CT molecular complexity index is 773. The first kappa shape index (κ1) is 15.3. The molecular formula is C18H13ClFN3. The zero-order chi connectivity index (χ0) is 16.3. The van der Waals surface area contributed by atoms with Crippen LogP contribution in [0.2, 0.25) is 5.02 Å². The number of terminal acetylenes is 1. The zero-order valence-corrected chi connectivity index (χ0v) is 12.9. The van der Waals surface area contributed by atoms with Gasteiger partial charge in [0.05, 0.1) is 0 Å². The van der Waals surface area contributed by atoms with Crippen molar-refractivity contribution in [2.75, 3.05) is 0 Å². The predicted octanol–water partition coefficient (Wildman–Crippen LogP) is 3.89. The molecule has 2 aromatic carbocycles. The van der Waals surface area contributed by atoms with E-state index in [1.165, 1.54) is 18.5 Å². The van der Waals surface area contributed by atoms with E-state index in [0.717, 1.165) is 11.1 Å². The molecule has 0 saturated carbocycles. The standard InChI is InChI=1S/C18H13ClFN3/c1-2-11-18(23-13-21-12-22-23,14-3-7-16(19)8-4-14)15-5-9-17(20)10-6-15/h1,3-10,12-13H,11H2. The molecule has 0 N–H and O–H groups in total. The first-order valence-corrected chi connectivity index (χ1v) is 7.35. The summed E-state index contributed by atoms with van der Waals surface area (Å²) in [6, 6.07) is 13.6. The fourth-order valence-corrected chi connectivity index (χ4v) is 2.85. The Kier molecular flexibility index (Phi) is 4.14. The van der Waals surface area contributed by atoms with Gasteiger partial charge in [0, 0.05) is 11.4 Å². The van der Waals surface area contributed by atoms with E-state index in [0.29, 0.717) is 11.4 Å². The summed E-state index contributed by atoms with van der Waals surface area (Å²) in [7, 11) is 0. The van der Waals surface area contributed by atoms with E-state index in [1.807, 2.05) is 12.1 Å². The van der Waals surface area contributed by atoms with Crippen LogP contribution in [-0.2, 0) is 5.54 Å². The third-order valence-electron chi connectivity index (χ3n) is 3.81. The highest BCUT2D eigenvalue weighted by atomic mass is 35.5. The SMILES string of the molecule is C#CCC(c1ccc(F)cc1)(c1ccc(Cl)cc1)n1cncn1. The van der Waals surface area contributed by atoms with Crippen molar-refractivity contribution in [3.05, 3.63) is 83.2 Å². The summed E-state index contributed by atoms with van der Waals surface area (Å²) in [6.45, 7) is 0. The second-order valence-corrected chi connectivity index (χ2v) is 5.53. The molecule has 0 aliphatic carbocycles. The zero-order valence-electron chi connectivity index (χ0n) is 12.2. The lowest BCUT2D eigenvalue weighted by atomic mass is 9.80. The van der Waals surface area contributed by atoms with Gasteiger partial charge in [0.2, 0.25) is 0 Å². The van der Waals surface area contributed by atoms with E-state index in [1.54, 1.807) is 35.3 Å². The summed E-state index contributed by atoms with van der Waals surface area (Å²) >= 11 is 6.01. The van der Waals surface area contributed by atoms with Crippen molar-refractivity contribution in [3.8, 4) is 12.3 Å². The molecule has 1 unspecified atom stereocenters. The third kappa shape index (κ3) is 2.71. The molecule has 114 valence electrons. The van der Waals surface area contributed by atoms with Gasteiger partial charge in [-0.15, -0.1) is 12.3 Å². The van der Waals surface area contributed by atoms with Crippen LogP contribution >= 0.6 is 11.6 Å². The predicted molar refractivity (Wildman–Crippen MR) is 87.5 cm³/mol. The van der Waals surface area contributed by atoms with Crippen LogP contribution in [-0.4, -0.2) is 14.8 Å². The highest BCUT2D eigenvalue weighted by Crippen LogP contribution is 2.37. The van der Waals surface area contributed by atoms with Gasteiger partial charge >= 0.3 is 0 Å². The number of hydrogen-bond acceptors (Lipinski definition) is 2. The van der Waals surface area contributed by atoms with Gasteiger partial charge in [-0.2, -0.15) is 5.10 Å². The lowest BCUT2D eigenvalue weighted by molar-refractivity contribution is 0.395. The van der Waals surface area contributed by atoms with Crippen molar-refractivity contribution >= 4 is 11.6 Å². The van der Waals surface area contributed by atoms with Crippen LogP contribution in [0.5, 0.6) is 0 Å². The maximum absolute atomic E-state index is 13.4. The molecular weight excluding hydrogens is 313 g/mol. The van der Waals surface area contributed by atoms with Gasteiger partial charge in [-0.1, -0.05) is 35.9 Å². The van der Waals surface area contributed by atoms with Crippen molar-refractivity contribution in [2.24, 2.45) is 0 Å². The average Bonchev–Trinajstić information content (AvgIpc) is 3.09. The molecule has 0 bridgehead atoms. The number of halogens is 2.